The normalized spacial score (nSPS) is 25.5. The SMILES string of the molecule is CCNC(Cc1nc(C)c(C)s1)C1CCCC(C)C1. The Morgan fingerprint density at radius 2 is 2.16 bits per heavy atom. The van der Waals surface area contributed by atoms with Crippen LogP contribution in [0, 0.1) is 25.7 Å². The van der Waals surface area contributed by atoms with Crippen molar-refractivity contribution in [2.45, 2.75) is 65.8 Å². The van der Waals surface area contributed by atoms with Crippen LogP contribution in [-0.4, -0.2) is 17.6 Å². The molecule has 0 amide bonds. The van der Waals surface area contributed by atoms with Crippen molar-refractivity contribution in [1.29, 1.82) is 0 Å². The minimum absolute atomic E-state index is 0.623. The first-order chi connectivity index (χ1) is 9.10. The van der Waals surface area contributed by atoms with E-state index in [-0.39, 0.29) is 0 Å². The molecule has 3 atom stereocenters. The van der Waals surface area contributed by atoms with Gasteiger partial charge in [-0.3, -0.25) is 0 Å². The average Bonchev–Trinajstić information content (AvgIpc) is 2.68. The van der Waals surface area contributed by atoms with Crippen LogP contribution < -0.4 is 5.32 Å². The van der Waals surface area contributed by atoms with Crippen LogP contribution in [0.2, 0.25) is 0 Å². The molecule has 1 aliphatic carbocycles. The van der Waals surface area contributed by atoms with Gasteiger partial charge in [-0.2, -0.15) is 0 Å². The van der Waals surface area contributed by atoms with E-state index in [0.717, 1.165) is 24.8 Å². The minimum Gasteiger partial charge on any atom is -0.314 e. The molecule has 1 saturated carbocycles. The third kappa shape index (κ3) is 4.03. The first kappa shape index (κ1) is 15.0. The van der Waals surface area contributed by atoms with E-state index in [1.807, 2.05) is 11.3 Å². The maximum Gasteiger partial charge on any atom is 0.0946 e. The summed E-state index contributed by atoms with van der Waals surface area (Å²) in [5.41, 5.74) is 1.22. The quantitative estimate of drug-likeness (QED) is 0.878. The van der Waals surface area contributed by atoms with E-state index in [1.165, 1.54) is 41.3 Å². The fourth-order valence-corrected chi connectivity index (χ4v) is 4.32. The van der Waals surface area contributed by atoms with Crippen LogP contribution in [0.15, 0.2) is 0 Å². The van der Waals surface area contributed by atoms with Gasteiger partial charge in [0.25, 0.3) is 0 Å². The van der Waals surface area contributed by atoms with Gasteiger partial charge < -0.3 is 5.32 Å². The number of hydrogen-bond donors (Lipinski definition) is 1. The number of rotatable bonds is 5. The van der Waals surface area contributed by atoms with Crippen molar-refractivity contribution in [2.75, 3.05) is 6.54 Å². The summed E-state index contributed by atoms with van der Waals surface area (Å²) in [6.07, 6.45) is 6.73. The van der Waals surface area contributed by atoms with Crippen LogP contribution in [0.25, 0.3) is 0 Å². The molecule has 2 nitrogen and oxygen atoms in total. The largest absolute Gasteiger partial charge is 0.314 e. The molecule has 0 saturated heterocycles. The van der Waals surface area contributed by atoms with E-state index >= 15 is 0 Å². The Hall–Kier alpha value is -0.410. The molecule has 108 valence electrons. The lowest BCUT2D eigenvalue weighted by atomic mass is 9.78. The maximum atomic E-state index is 4.72. The highest BCUT2D eigenvalue weighted by molar-refractivity contribution is 7.11. The van der Waals surface area contributed by atoms with Gasteiger partial charge in [-0.1, -0.05) is 26.7 Å². The van der Waals surface area contributed by atoms with E-state index in [9.17, 15) is 0 Å². The average molecular weight is 280 g/mol. The molecule has 0 aliphatic heterocycles. The molecule has 2 rings (SSSR count). The second-order valence-corrected chi connectivity index (χ2v) is 7.44. The fourth-order valence-electron chi connectivity index (χ4n) is 3.33. The van der Waals surface area contributed by atoms with Crippen molar-refractivity contribution in [3.63, 3.8) is 0 Å². The summed E-state index contributed by atoms with van der Waals surface area (Å²) in [6, 6.07) is 0.623. The van der Waals surface area contributed by atoms with Crippen molar-refractivity contribution >= 4 is 11.3 Å². The molecule has 1 fully saturated rings. The van der Waals surface area contributed by atoms with Crippen molar-refractivity contribution in [2.24, 2.45) is 11.8 Å². The number of likely N-dealkylation sites (N-methyl/N-ethyl adjacent to an activating group) is 1. The Morgan fingerprint density at radius 1 is 1.37 bits per heavy atom. The zero-order chi connectivity index (χ0) is 13.8. The van der Waals surface area contributed by atoms with Crippen LogP contribution in [-0.2, 0) is 6.42 Å². The predicted molar refractivity (Wildman–Crippen MR) is 83.9 cm³/mol. The Labute approximate surface area is 122 Å². The molecule has 3 heteroatoms. The highest BCUT2D eigenvalue weighted by Gasteiger charge is 2.27. The summed E-state index contributed by atoms with van der Waals surface area (Å²) in [4.78, 5) is 6.10. The predicted octanol–water partition coefficient (Wildman–Crippen LogP) is 4.11. The number of thiazole rings is 1. The zero-order valence-corrected chi connectivity index (χ0v) is 13.6. The highest BCUT2D eigenvalue weighted by Crippen LogP contribution is 2.32. The standard InChI is InChI=1S/C16H28N2S/c1-5-17-15(14-8-6-7-11(2)9-14)10-16-18-12(3)13(4)19-16/h11,14-15,17H,5-10H2,1-4H3. The van der Waals surface area contributed by atoms with Crippen LogP contribution in [0.4, 0.5) is 0 Å². The fraction of sp³-hybridized carbons (Fsp3) is 0.812. The van der Waals surface area contributed by atoms with E-state index in [0.29, 0.717) is 6.04 Å². The molecular weight excluding hydrogens is 252 g/mol. The van der Waals surface area contributed by atoms with Crippen molar-refractivity contribution < 1.29 is 0 Å². The lowest BCUT2D eigenvalue weighted by molar-refractivity contribution is 0.222. The first-order valence-corrected chi connectivity index (χ1v) is 8.58. The van der Waals surface area contributed by atoms with E-state index < -0.39 is 0 Å². The Balaban J connectivity index is 2.02. The lowest BCUT2D eigenvalue weighted by Crippen LogP contribution is -2.40. The maximum absolute atomic E-state index is 4.72. The summed E-state index contributed by atoms with van der Waals surface area (Å²) in [7, 11) is 0. The van der Waals surface area contributed by atoms with Gasteiger partial charge in [0.15, 0.2) is 0 Å². The molecule has 3 unspecified atom stereocenters. The molecule has 1 aromatic rings. The van der Waals surface area contributed by atoms with Gasteiger partial charge in [0.1, 0.15) is 0 Å². The molecule has 0 aromatic carbocycles. The third-order valence-electron chi connectivity index (χ3n) is 4.48. The van der Waals surface area contributed by atoms with Gasteiger partial charge in [-0.05, 0) is 45.1 Å². The highest BCUT2D eigenvalue weighted by atomic mass is 32.1. The number of aromatic nitrogens is 1. The molecule has 0 spiro atoms. The van der Waals surface area contributed by atoms with Crippen molar-refractivity contribution in [3.8, 4) is 0 Å². The first-order valence-electron chi connectivity index (χ1n) is 7.76. The summed E-state index contributed by atoms with van der Waals surface area (Å²) < 4.78 is 0. The lowest BCUT2D eigenvalue weighted by Gasteiger charge is -2.33. The smallest absolute Gasteiger partial charge is 0.0946 e. The van der Waals surface area contributed by atoms with Gasteiger partial charge in [-0.25, -0.2) is 4.98 Å². The summed E-state index contributed by atoms with van der Waals surface area (Å²) in [5.74, 6) is 1.74. The molecular formula is C16H28N2S. The third-order valence-corrected chi connectivity index (χ3v) is 5.57. The van der Waals surface area contributed by atoms with Crippen molar-refractivity contribution in [1.82, 2.24) is 10.3 Å². The van der Waals surface area contributed by atoms with Gasteiger partial charge in [0.05, 0.1) is 10.7 Å². The van der Waals surface area contributed by atoms with Crippen LogP contribution >= 0.6 is 11.3 Å². The molecule has 1 heterocycles. The Morgan fingerprint density at radius 3 is 2.74 bits per heavy atom. The van der Waals surface area contributed by atoms with Crippen molar-refractivity contribution in [3.05, 3.63) is 15.6 Å². The molecule has 0 radical (unpaired) electrons. The summed E-state index contributed by atoms with van der Waals surface area (Å²) in [5, 5.41) is 5.04. The van der Waals surface area contributed by atoms with E-state index in [4.69, 9.17) is 4.98 Å². The molecule has 1 N–H and O–H groups in total. The van der Waals surface area contributed by atoms with Gasteiger partial charge in [-0.15, -0.1) is 11.3 Å². The Kier molecular flexibility index (Phi) is 5.40. The van der Waals surface area contributed by atoms with Gasteiger partial charge in [0.2, 0.25) is 0 Å². The van der Waals surface area contributed by atoms with Crippen LogP contribution in [0.1, 0.15) is 55.1 Å². The number of nitrogens with one attached hydrogen (secondary N) is 1. The summed E-state index contributed by atoms with van der Waals surface area (Å²) >= 11 is 1.88. The van der Waals surface area contributed by atoms with E-state index in [2.05, 4.69) is 33.0 Å². The monoisotopic (exact) mass is 280 g/mol. The second kappa shape index (κ2) is 6.85. The molecule has 1 aromatic heterocycles. The molecule has 19 heavy (non-hydrogen) atoms. The molecule has 0 bridgehead atoms. The van der Waals surface area contributed by atoms with Crippen LogP contribution in [0.3, 0.4) is 0 Å². The van der Waals surface area contributed by atoms with Gasteiger partial charge in [0, 0.05) is 17.3 Å². The van der Waals surface area contributed by atoms with Crippen LogP contribution in [0.5, 0.6) is 0 Å². The second-order valence-electron chi connectivity index (χ2n) is 6.15. The minimum atomic E-state index is 0.623. The summed E-state index contributed by atoms with van der Waals surface area (Å²) in [6.45, 7) is 10.0. The Bertz CT molecular complexity index is 380. The molecule has 1 aliphatic rings. The van der Waals surface area contributed by atoms with Gasteiger partial charge >= 0.3 is 0 Å². The number of nitrogens with zero attached hydrogens (tertiary/aromatic N) is 1. The number of aryl methyl sites for hydroxylation is 2. The zero-order valence-electron chi connectivity index (χ0n) is 12.8. The topological polar surface area (TPSA) is 24.9 Å². The van der Waals surface area contributed by atoms with E-state index in [1.54, 1.807) is 0 Å². The number of hydrogen-bond acceptors (Lipinski definition) is 3.